The first-order chi connectivity index (χ1) is 29.7. The second-order valence-corrected chi connectivity index (χ2v) is 18.5. The Balaban J connectivity index is 1.26. The highest BCUT2D eigenvalue weighted by Gasteiger charge is 2.48. The number of hydrogen-bond acceptors (Lipinski definition) is 6. The van der Waals surface area contributed by atoms with Crippen molar-refractivity contribution in [2.75, 3.05) is 13.7 Å². The Morgan fingerprint density at radius 3 is 2.21 bits per heavy atom. The van der Waals surface area contributed by atoms with E-state index in [0.717, 1.165) is 92.5 Å². The molecule has 334 valence electrons. The quantitative estimate of drug-likeness (QED) is 0.0540. The standard InChI is InChI=1S/C53H72N4O5/c1-12-15-18-30(4)19-16-20-31(5)21-17-22-32(6)25-26-62-46(58)24-23-39-35(9)42-27-40-33(7)37(13-2)44(54-40)28-41-34(8)38(14-3)45(55-41)29-43-36(10)47-51(57-43)48(50(39)56-42)49(52(47)59)53(60)61-11/h13,25,27-31,35,39,49,54-57H,2,12,14-24,26H2,1,3-11H3/b32-25+,41-28-,42-27-,45-29-,50-48-/t30-,31-,35+,39+,49-/m1/s1. The summed E-state index contributed by atoms with van der Waals surface area (Å²) >= 11 is 0. The molecule has 0 aromatic carbocycles. The van der Waals surface area contributed by atoms with Gasteiger partial charge < -0.3 is 29.7 Å². The zero-order valence-corrected chi connectivity index (χ0v) is 39.2. The summed E-state index contributed by atoms with van der Waals surface area (Å²) in [4.78, 5) is 52.3. The summed E-state index contributed by atoms with van der Waals surface area (Å²) in [5, 5.41) is 5.66. The third-order valence-electron chi connectivity index (χ3n) is 14.1. The molecular formula is C53H72N4O5. The highest BCUT2D eigenvalue weighted by Crippen LogP contribution is 2.48. The third kappa shape index (κ3) is 9.77. The fourth-order valence-electron chi connectivity index (χ4n) is 10.1. The van der Waals surface area contributed by atoms with Gasteiger partial charge in [-0.25, -0.2) is 0 Å². The van der Waals surface area contributed by atoms with Crippen LogP contribution in [0.4, 0.5) is 0 Å². The van der Waals surface area contributed by atoms with Crippen LogP contribution >= 0.6 is 0 Å². The average molecular weight is 845 g/mol. The van der Waals surface area contributed by atoms with E-state index in [1.807, 2.05) is 19.1 Å². The number of Topliss-reactive ketones (excluding diaryl/α,β-unsaturated/α-hetero) is 1. The number of carbonyl (C=O) groups is 3. The van der Waals surface area contributed by atoms with Crippen molar-refractivity contribution in [1.29, 1.82) is 0 Å². The summed E-state index contributed by atoms with van der Waals surface area (Å²) in [5.74, 6) is -1.06. The number of methoxy groups -OCH3 is 1. The predicted molar refractivity (Wildman–Crippen MR) is 252 cm³/mol. The number of nitrogens with one attached hydrogen (secondary N) is 4. The van der Waals surface area contributed by atoms with Crippen molar-refractivity contribution in [3.63, 3.8) is 0 Å². The van der Waals surface area contributed by atoms with Crippen LogP contribution in [0, 0.1) is 50.4 Å². The summed E-state index contributed by atoms with van der Waals surface area (Å²) in [6.45, 7) is 24.0. The van der Waals surface area contributed by atoms with Crippen molar-refractivity contribution in [3.8, 4) is 0 Å². The molecule has 3 aromatic rings. The lowest BCUT2D eigenvalue weighted by Gasteiger charge is -2.19. The van der Waals surface area contributed by atoms with Crippen molar-refractivity contribution in [2.24, 2.45) is 29.6 Å². The molecule has 0 spiro atoms. The molecule has 1 saturated heterocycles. The molecule has 5 atom stereocenters. The van der Waals surface area contributed by atoms with Crippen molar-refractivity contribution in [3.05, 3.63) is 96.5 Å². The molecule has 2 aliphatic heterocycles. The van der Waals surface area contributed by atoms with Crippen molar-refractivity contribution in [2.45, 2.75) is 139 Å². The normalized spacial score (nSPS) is 22.2. The van der Waals surface area contributed by atoms with Crippen LogP contribution in [-0.2, 0) is 25.5 Å². The van der Waals surface area contributed by atoms with Crippen molar-refractivity contribution in [1.82, 2.24) is 20.3 Å². The molecule has 6 rings (SSSR count). The number of unbranched alkanes of at least 4 members (excludes halogenated alkanes) is 1. The van der Waals surface area contributed by atoms with Gasteiger partial charge in [0.2, 0.25) is 0 Å². The molecule has 9 nitrogen and oxygen atoms in total. The van der Waals surface area contributed by atoms with E-state index in [-0.39, 0.29) is 36.6 Å². The van der Waals surface area contributed by atoms with Gasteiger partial charge in [0.25, 0.3) is 0 Å². The third-order valence-corrected chi connectivity index (χ3v) is 14.1. The van der Waals surface area contributed by atoms with Crippen LogP contribution in [0.1, 0.15) is 173 Å². The molecule has 9 heteroatoms. The van der Waals surface area contributed by atoms with Gasteiger partial charge in [0.15, 0.2) is 5.78 Å². The number of allylic oxidation sites excluding steroid dienone is 3. The van der Waals surface area contributed by atoms with Gasteiger partial charge in [0.05, 0.1) is 12.8 Å². The van der Waals surface area contributed by atoms with Gasteiger partial charge in [-0.05, 0) is 112 Å². The van der Waals surface area contributed by atoms with E-state index < -0.39 is 11.9 Å². The Hall–Kier alpha value is -5.05. The Morgan fingerprint density at radius 1 is 0.855 bits per heavy atom. The summed E-state index contributed by atoms with van der Waals surface area (Å²) in [7, 11) is 1.32. The van der Waals surface area contributed by atoms with E-state index in [2.05, 4.69) is 100 Å². The molecule has 8 bridgehead atoms. The molecule has 0 saturated carbocycles. The molecule has 1 fully saturated rings. The summed E-state index contributed by atoms with van der Waals surface area (Å²) < 4.78 is 11.1. The molecule has 4 N–H and O–H groups in total. The lowest BCUT2D eigenvalue weighted by Crippen LogP contribution is -2.25. The van der Waals surface area contributed by atoms with Crippen molar-refractivity contribution < 1.29 is 23.9 Å². The van der Waals surface area contributed by atoms with Gasteiger partial charge in [-0.1, -0.05) is 97.8 Å². The van der Waals surface area contributed by atoms with Gasteiger partial charge in [0, 0.05) is 74.1 Å². The number of aromatic amines is 3. The van der Waals surface area contributed by atoms with E-state index in [4.69, 9.17) is 9.47 Å². The molecule has 1 aliphatic carbocycles. The highest BCUT2D eigenvalue weighted by atomic mass is 16.5. The number of H-pyrrole nitrogens is 3. The molecule has 62 heavy (non-hydrogen) atoms. The zero-order chi connectivity index (χ0) is 44.8. The molecule has 3 aliphatic rings. The Bertz CT molecular complexity index is 2400. The number of carbonyl (C=O) groups excluding carboxylic acids is 3. The minimum atomic E-state index is -1.14. The SMILES string of the molecule is C=Cc1c2[nH]c(c1C)/C=C1\N/C(=C3\c4[nH]c(c(C)c4C(=O)[C@@H]3C(=O)OC)/C=c3\[nH]/c(c(C)c3CC)=C\2)[C@@H](CCC(=O)OC/C=C(\C)CCC[C@H](C)CCC[C@H](C)CCCC)[C@@H]1C. The van der Waals surface area contributed by atoms with E-state index in [1.54, 1.807) is 0 Å². The monoisotopic (exact) mass is 845 g/mol. The number of rotatable bonds is 19. The van der Waals surface area contributed by atoms with Gasteiger partial charge in [-0.3, -0.25) is 14.4 Å². The number of esters is 2. The summed E-state index contributed by atoms with van der Waals surface area (Å²) in [6, 6.07) is 0. The lowest BCUT2D eigenvalue weighted by molar-refractivity contribution is -0.143. The van der Waals surface area contributed by atoms with Gasteiger partial charge >= 0.3 is 11.9 Å². The van der Waals surface area contributed by atoms with Crippen LogP contribution in [0.5, 0.6) is 0 Å². The smallest absolute Gasteiger partial charge is 0.321 e. The maximum atomic E-state index is 14.4. The first-order valence-electron chi connectivity index (χ1n) is 23.4. The van der Waals surface area contributed by atoms with E-state index in [0.29, 0.717) is 23.3 Å². The summed E-state index contributed by atoms with van der Waals surface area (Å²) in [6.07, 6.45) is 23.0. The maximum Gasteiger partial charge on any atom is 0.321 e. The maximum absolute atomic E-state index is 14.4. The molecule has 0 unspecified atom stereocenters. The number of hydrogen-bond donors (Lipinski definition) is 4. The molecule has 0 amide bonds. The van der Waals surface area contributed by atoms with Crippen LogP contribution in [-0.4, -0.2) is 46.4 Å². The number of ketones is 1. The molecule has 3 aromatic heterocycles. The fraction of sp³-hybridized carbons (Fsp3) is 0.528. The predicted octanol–water partition coefficient (Wildman–Crippen LogP) is 10.4. The minimum Gasteiger partial charge on any atom is -0.468 e. The zero-order valence-electron chi connectivity index (χ0n) is 39.2. The number of fused-ring (bicyclic) bond motifs is 7. The second kappa shape index (κ2) is 20.4. The van der Waals surface area contributed by atoms with Crippen LogP contribution in [0.25, 0.3) is 29.9 Å². The van der Waals surface area contributed by atoms with E-state index in [1.165, 1.54) is 63.2 Å². The first-order valence-corrected chi connectivity index (χ1v) is 23.4. The largest absolute Gasteiger partial charge is 0.468 e. The molecule has 0 radical (unpaired) electrons. The Labute approximate surface area is 369 Å². The first kappa shape index (κ1) is 46.5. The van der Waals surface area contributed by atoms with E-state index >= 15 is 0 Å². The average Bonchev–Trinajstić information content (AvgIpc) is 3.99. The number of aromatic nitrogens is 3. The second-order valence-electron chi connectivity index (χ2n) is 18.5. The Morgan fingerprint density at radius 2 is 1.53 bits per heavy atom. The highest BCUT2D eigenvalue weighted by molar-refractivity contribution is 6.24. The van der Waals surface area contributed by atoms with Crippen molar-refractivity contribution >= 4 is 47.6 Å². The topological polar surface area (TPSA) is 129 Å². The Kier molecular flexibility index (Phi) is 15.3. The van der Waals surface area contributed by atoms with Crippen LogP contribution in [0.3, 0.4) is 0 Å². The fourth-order valence-corrected chi connectivity index (χ4v) is 10.1. The van der Waals surface area contributed by atoms with Crippen LogP contribution < -0.4 is 16.0 Å². The van der Waals surface area contributed by atoms with Gasteiger partial charge in [0.1, 0.15) is 12.5 Å². The van der Waals surface area contributed by atoms with Crippen LogP contribution in [0.15, 0.2) is 29.6 Å². The minimum absolute atomic E-state index is 0.0864. The lowest BCUT2D eigenvalue weighted by atomic mass is 9.85. The van der Waals surface area contributed by atoms with Gasteiger partial charge in [-0.2, -0.15) is 0 Å². The van der Waals surface area contributed by atoms with Gasteiger partial charge in [-0.15, -0.1) is 0 Å². The molecular weight excluding hydrogens is 773 g/mol. The molecule has 5 heterocycles. The number of ether oxygens (including phenoxy) is 2. The summed E-state index contributed by atoms with van der Waals surface area (Å²) in [5.41, 5.74) is 12.5. The van der Waals surface area contributed by atoms with Crippen LogP contribution in [0.2, 0.25) is 0 Å². The van der Waals surface area contributed by atoms with E-state index in [9.17, 15) is 14.4 Å².